The van der Waals surface area contributed by atoms with Gasteiger partial charge in [0.2, 0.25) is 5.91 Å². The molecule has 7 nitrogen and oxygen atoms in total. The molecule has 1 fully saturated rings. The summed E-state index contributed by atoms with van der Waals surface area (Å²) in [5.41, 5.74) is 1.71. The number of hydrogen-bond donors (Lipinski definition) is 4. The summed E-state index contributed by atoms with van der Waals surface area (Å²) in [4.78, 5) is 27.9. The number of rotatable bonds is 7. The summed E-state index contributed by atoms with van der Waals surface area (Å²) in [7, 11) is 3.30. The summed E-state index contributed by atoms with van der Waals surface area (Å²) >= 11 is 0. The number of halogens is 1. The van der Waals surface area contributed by atoms with Gasteiger partial charge in [-0.3, -0.25) is 14.6 Å². The van der Waals surface area contributed by atoms with E-state index in [1.807, 2.05) is 18.2 Å². The third-order valence-corrected chi connectivity index (χ3v) is 4.73. The van der Waals surface area contributed by atoms with Crippen LogP contribution < -0.4 is 21.3 Å². The van der Waals surface area contributed by atoms with E-state index in [2.05, 4.69) is 26.3 Å². The Morgan fingerprint density at radius 3 is 2.57 bits per heavy atom. The lowest BCUT2D eigenvalue weighted by atomic mass is 9.95. The SMILES string of the molecule is CN=C(NCCc1cccc(C(=O)NC)c1)NCC(=O)NC1CCCCC1.I. The van der Waals surface area contributed by atoms with Gasteiger partial charge in [-0.25, -0.2) is 0 Å². The molecule has 4 N–H and O–H groups in total. The van der Waals surface area contributed by atoms with E-state index in [0.717, 1.165) is 24.8 Å². The van der Waals surface area contributed by atoms with Gasteiger partial charge in [0.25, 0.3) is 5.91 Å². The first-order valence-electron chi connectivity index (χ1n) is 9.67. The molecule has 28 heavy (non-hydrogen) atoms. The first kappa shape index (κ1) is 24.2. The number of aliphatic imine (C=N–C) groups is 1. The maximum Gasteiger partial charge on any atom is 0.251 e. The average Bonchev–Trinajstić information content (AvgIpc) is 2.70. The summed E-state index contributed by atoms with van der Waals surface area (Å²) in [6.07, 6.45) is 6.57. The highest BCUT2D eigenvalue weighted by Gasteiger charge is 2.15. The Balaban J connectivity index is 0.00000392. The fraction of sp³-hybridized carbons (Fsp3) is 0.550. The lowest BCUT2D eigenvalue weighted by Gasteiger charge is -2.23. The largest absolute Gasteiger partial charge is 0.356 e. The lowest BCUT2D eigenvalue weighted by molar-refractivity contribution is -0.120. The summed E-state index contributed by atoms with van der Waals surface area (Å²) in [6, 6.07) is 7.86. The predicted octanol–water partition coefficient (Wildman–Crippen LogP) is 1.82. The van der Waals surface area contributed by atoms with Crippen molar-refractivity contribution >= 4 is 41.8 Å². The van der Waals surface area contributed by atoms with Gasteiger partial charge in [-0.05, 0) is 37.0 Å². The molecule has 0 saturated heterocycles. The van der Waals surface area contributed by atoms with Crippen molar-refractivity contribution in [3.8, 4) is 0 Å². The maximum atomic E-state index is 12.1. The molecular formula is C20H32IN5O2. The molecule has 2 amide bonds. The van der Waals surface area contributed by atoms with Crippen molar-refractivity contribution in [1.29, 1.82) is 0 Å². The van der Waals surface area contributed by atoms with Crippen molar-refractivity contribution in [2.45, 2.75) is 44.6 Å². The van der Waals surface area contributed by atoms with E-state index in [1.54, 1.807) is 20.2 Å². The quantitative estimate of drug-likeness (QED) is 0.261. The predicted molar refractivity (Wildman–Crippen MR) is 123 cm³/mol. The van der Waals surface area contributed by atoms with Crippen molar-refractivity contribution in [3.63, 3.8) is 0 Å². The lowest BCUT2D eigenvalue weighted by Crippen LogP contribution is -2.46. The van der Waals surface area contributed by atoms with Gasteiger partial charge >= 0.3 is 0 Å². The Bertz CT molecular complexity index is 660. The summed E-state index contributed by atoms with van der Waals surface area (Å²) in [6.45, 7) is 0.865. The average molecular weight is 501 g/mol. The van der Waals surface area contributed by atoms with Gasteiger partial charge in [-0.15, -0.1) is 24.0 Å². The summed E-state index contributed by atoms with van der Waals surface area (Å²) in [5, 5.41) is 12.0. The standard InChI is InChI=1S/C20H31N5O2.HI/c1-21-19(27)16-8-6-7-15(13-16)11-12-23-20(22-2)24-14-18(26)25-17-9-4-3-5-10-17;/h6-8,13,17H,3-5,9-12,14H2,1-2H3,(H,21,27)(H,25,26)(H2,22,23,24);1H. The fourth-order valence-electron chi connectivity index (χ4n) is 3.25. The van der Waals surface area contributed by atoms with Crippen molar-refractivity contribution in [1.82, 2.24) is 21.3 Å². The van der Waals surface area contributed by atoms with E-state index in [4.69, 9.17) is 0 Å². The van der Waals surface area contributed by atoms with Crippen molar-refractivity contribution in [3.05, 3.63) is 35.4 Å². The number of guanidine groups is 1. The molecule has 156 valence electrons. The first-order valence-corrected chi connectivity index (χ1v) is 9.67. The third kappa shape index (κ3) is 8.45. The highest BCUT2D eigenvalue weighted by molar-refractivity contribution is 14.0. The number of carbonyl (C=O) groups is 2. The zero-order valence-corrected chi connectivity index (χ0v) is 19.0. The number of hydrogen-bond acceptors (Lipinski definition) is 3. The third-order valence-electron chi connectivity index (χ3n) is 4.73. The Labute approximate surface area is 184 Å². The maximum absolute atomic E-state index is 12.1. The normalized spacial score (nSPS) is 14.6. The first-order chi connectivity index (χ1) is 13.1. The minimum atomic E-state index is -0.0914. The van der Waals surface area contributed by atoms with E-state index >= 15 is 0 Å². The van der Waals surface area contributed by atoms with Gasteiger partial charge < -0.3 is 21.3 Å². The van der Waals surface area contributed by atoms with Crippen LogP contribution in [0.2, 0.25) is 0 Å². The Hall–Kier alpha value is -1.84. The fourth-order valence-corrected chi connectivity index (χ4v) is 3.25. The van der Waals surface area contributed by atoms with E-state index in [9.17, 15) is 9.59 Å². The molecule has 0 aliphatic heterocycles. The second-order valence-electron chi connectivity index (χ2n) is 6.78. The number of amides is 2. The number of nitrogens with zero attached hydrogens (tertiary/aromatic N) is 1. The molecule has 0 atom stereocenters. The number of nitrogens with one attached hydrogen (secondary N) is 4. The van der Waals surface area contributed by atoms with Gasteiger partial charge in [-0.1, -0.05) is 31.4 Å². The van der Waals surface area contributed by atoms with Crippen LogP contribution in [0.1, 0.15) is 48.0 Å². The van der Waals surface area contributed by atoms with Crippen LogP contribution in [0.25, 0.3) is 0 Å². The van der Waals surface area contributed by atoms with Gasteiger partial charge in [-0.2, -0.15) is 0 Å². The topological polar surface area (TPSA) is 94.6 Å². The highest BCUT2D eigenvalue weighted by atomic mass is 127. The summed E-state index contributed by atoms with van der Waals surface area (Å²) in [5.74, 6) is 0.505. The van der Waals surface area contributed by atoms with Crippen LogP contribution in [0.5, 0.6) is 0 Å². The van der Waals surface area contributed by atoms with Gasteiger partial charge in [0, 0.05) is 32.2 Å². The van der Waals surface area contributed by atoms with Crippen molar-refractivity contribution in [2.75, 3.05) is 27.2 Å². The molecule has 0 bridgehead atoms. The molecule has 0 unspecified atom stereocenters. The van der Waals surface area contributed by atoms with Crippen LogP contribution >= 0.6 is 24.0 Å². The molecule has 0 heterocycles. The Kier molecular flexibility index (Phi) is 11.5. The molecule has 1 saturated carbocycles. The molecule has 0 aromatic heterocycles. The van der Waals surface area contributed by atoms with Crippen LogP contribution in [-0.2, 0) is 11.2 Å². The van der Waals surface area contributed by atoms with E-state index in [1.165, 1.54) is 19.3 Å². The smallest absolute Gasteiger partial charge is 0.251 e. The molecule has 0 radical (unpaired) electrons. The molecule has 1 aliphatic rings. The molecular weight excluding hydrogens is 469 g/mol. The molecule has 1 aromatic rings. The zero-order chi connectivity index (χ0) is 19.5. The minimum Gasteiger partial charge on any atom is -0.356 e. The van der Waals surface area contributed by atoms with Crippen molar-refractivity contribution in [2.24, 2.45) is 4.99 Å². The Morgan fingerprint density at radius 2 is 1.89 bits per heavy atom. The monoisotopic (exact) mass is 501 g/mol. The van der Waals surface area contributed by atoms with Gasteiger partial charge in [0.15, 0.2) is 5.96 Å². The van der Waals surface area contributed by atoms with Gasteiger partial charge in [0.05, 0.1) is 6.54 Å². The summed E-state index contributed by atoms with van der Waals surface area (Å²) < 4.78 is 0. The minimum absolute atomic E-state index is 0. The van der Waals surface area contributed by atoms with E-state index < -0.39 is 0 Å². The van der Waals surface area contributed by atoms with E-state index in [0.29, 0.717) is 24.1 Å². The molecule has 1 aromatic carbocycles. The van der Waals surface area contributed by atoms with Crippen molar-refractivity contribution < 1.29 is 9.59 Å². The van der Waals surface area contributed by atoms with Crippen LogP contribution in [0, 0.1) is 0 Å². The second-order valence-corrected chi connectivity index (χ2v) is 6.78. The molecule has 2 rings (SSSR count). The van der Waals surface area contributed by atoms with E-state index in [-0.39, 0.29) is 42.3 Å². The molecule has 0 spiro atoms. The van der Waals surface area contributed by atoms with Crippen LogP contribution in [-0.4, -0.2) is 51.0 Å². The van der Waals surface area contributed by atoms with Crippen LogP contribution in [0.15, 0.2) is 29.3 Å². The van der Waals surface area contributed by atoms with Gasteiger partial charge in [0.1, 0.15) is 0 Å². The van der Waals surface area contributed by atoms with Crippen LogP contribution in [0.3, 0.4) is 0 Å². The molecule has 1 aliphatic carbocycles. The molecule has 8 heteroatoms. The number of benzene rings is 1. The second kappa shape index (κ2) is 13.4. The zero-order valence-electron chi connectivity index (χ0n) is 16.7. The highest BCUT2D eigenvalue weighted by Crippen LogP contribution is 2.17. The number of carbonyl (C=O) groups excluding carboxylic acids is 2. The Morgan fingerprint density at radius 1 is 1.14 bits per heavy atom. The van der Waals surface area contributed by atoms with Crippen LogP contribution in [0.4, 0.5) is 0 Å².